The van der Waals surface area contributed by atoms with Crippen molar-refractivity contribution in [2.24, 2.45) is 0 Å². The highest BCUT2D eigenvalue weighted by Crippen LogP contribution is 2.36. The van der Waals surface area contributed by atoms with E-state index in [0.29, 0.717) is 25.3 Å². The molecule has 0 unspecified atom stereocenters. The van der Waals surface area contributed by atoms with E-state index in [0.717, 1.165) is 16.3 Å². The van der Waals surface area contributed by atoms with Crippen molar-refractivity contribution in [2.45, 2.75) is 19.9 Å². The Morgan fingerprint density at radius 3 is 2.55 bits per heavy atom. The summed E-state index contributed by atoms with van der Waals surface area (Å²) in [5.74, 6) is -1.50. The van der Waals surface area contributed by atoms with Gasteiger partial charge in [0, 0.05) is 36.7 Å². The maximum Gasteiger partial charge on any atom is 0.355 e. The van der Waals surface area contributed by atoms with Crippen LogP contribution in [0.4, 0.5) is 20.3 Å². The summed E-state index contributed by atoms with van der Waals surface area (Å²) in [6.07, 6.45) is 1.26. The zero-order chi connectivity index (χ0) is 29.7. The summed E-state index contributed by atoms with van der Waals surface area (Å²) in [4.78, 5) is 38.9. The van der Waals surface area contributed by atoms with E-state index < -0.39 is 17.3 Å². The summed E-state index contributed by atoms with van der Waals surface area (Å²) in [6, 6.07) is 16.5. The molecule has 1 saturated heterocycles. The van der Waals surface area contributed by atoms with Crippen molar-refractivity contribution in [3.63, 3.8) is 0 Å². The molecule has 212 valence electrons. The molecule has 0 spiro atoms. The third-order valence-corrected chi connectivity index (χ3v) is 7.80. The van der Waals surface area contributed by atoms with Crippen molar-refractivity contribution in [1.82, 2.24) is 19.4 Å². The minimum Gasteiger partial charge on any atom is -0.398 e. The summed E-state index contributed by atoms with van der Waals surface area (Å²) >= 11 is 0. The maximum atomic E-state index is 15.9. The molecule has 1 aliphatic rings. The summed E-state index contributed by atoms with van der Waals surface area (Å²) < 4.78 is 32.3. The molecule has 6 rings (SSSR count). The van der Waals surface area contributed by atoms with Crippen molar-refractivity contribution in [2.75, 3.05) is 30.3 Å². The Morgan fingerprint density at radius 1 is 1.02 bits per heavy atom. The largest absolute Gasteiger partial charge is 0.398 e. The van der Waals surface area contributed by atoms with Crippen molar-refractivity contribution < 1.29 is 13.6 Å². The van der Waals surface area contributed by atoms with Gasteiger partial charge in [0.2, 0.25) is 5.91 Å². The van der Waals surface area contributed by atoms with Gasteiger partial charge in [-0.05, 0) is 49.1 Å². The van der Waals surface area contributed by atoms with Crippen molar-refractivity contribution >= 4 is 39.2 Å². The number of anilines is 2. The van der Waals surface area contributed by atoms with Gasteiger partial charge in [-0.3, -0.25) is 4.79 Å². The number of benzene rings is 3. The Balaban J connectivity index is 1.67. The normalized spacial score (nSPS) is 15.4. The zero-order valence-electron chi connectivity index (χ0n) is 23.1. The molecular formula is C32H28F2N6O2. The summed E-state index contributed by atoms with van der Waals surface area (Å²) in [7, 11) is 0. The predicted molar refractivity (Wildman–Crippen MR) is 161 cm³/mol. The van der Waals surface area contributed by atoms with E-state index in [9.17, 15) is 9.59 Å². The fraction of sp³-hybridized carbons (Fsp3) is 0.188. The van der Waals surface area contributed by atoms with E-state index in [2.05, 4.69) is 16.5 Å². The molecule has 1 fully saturated rings. The second-order valence-electron chi connectivity index (χ2n) is 10.4. The van der Waals surface area contributed by atoms with Gasteiger partial charge in [-0.15, -0.1) is 0 Å². The smallest absolute Gasteiger partial charge is 0.355 e. The lowest BCUT2D eigenvalue weighted by Gasteiger charge is -2.40. The highest BCUT2D eigenvalue weighted by atomic mass is 19.1. The summed E-state index contributed by atoms with van der Waals surface area (Å²) in [6.45, 7) is 8.41. The number of piperazine rings is 1. The van der Waals surface area contributed by atoms with Gasteiger partial charge in [0.05, 0.1) is 16.6 Å². The van der Waals surface area contributed by atoms with Crippen LogP contribution in [0.1, 0.15) is 12.5 Å². The number of fused-ring (bicyclic) bond motifs is 2. The van der Waals surface area contributed by atoms with Crippen LogP contribution in [0.3, 0.4) is 0 Å². The fourth-order valence-electron chi connectivity index (χ4n) is 5.75. The number of hydrogen-bond donors (Lipinski definition) is 1. The molecule has 2 aromatic heterocycles. The molecule has 0 radical (unpaired) electrons. The number of nitrogens with zero attached hydrogens (tertiary/aromatic N) is 5. The molecule has 3 heterocycles. The van der Waals surface area contributed by atoms with Crippen molar-refractivity contribution in [3.8, 4) is 16.9 Å². The summed E-state index contributed by atoms with van der Waals surface area (Å²) in [5.41, 5.74) is 6.41. The van der Waals surface area contributed by atoms with Crippen molar-refractivity contribution in [3.05, 3.63) is 101 Å². The zero-order valence-corrected chi connectivity index (χ0v) is 23.1. The Kier molecular flexibility index (Phi) is 6.68. The number of hydrogen-bond acceptors (Lipinski definition) is 6. The number of carbonyl (C=O) groups is 1. The number of nitrogen functional groups attached to an aromatic ring is 1. The number of carbonyl (C=O) groups excluding carboxylic acids is 1. The standard InChI is InChI=1S/C32H28F2N6O2/c1-4-26(41)38-14-15-39(19(3)17-38)30-22-16-24(34)28(27-23(33)10-7-11-25(27)35)36-31(22)40(32(42)37-30)29-18(2)12-13-20-8-5-6-9-21(20)29/h4-13,16,19H,1,14-15,17,35H2,2-3H3/t19-/m0/s1. The lowest BCUT2D eigenvalue weighted by atomic mass is 10.0. The predicted octanol–water partition coefficient (Wildman–Crippen LogP) is 4.99. The van der Waals surface area contributed by atoms with Gasteiger partial charge in [0.25, 0.3) is 0 Å². The topological polar surface area (TPSA) is 97.4 Å². The molecular weight excluding hydrogens is 538 g/mol. The highest BCUT2D eigenvalue weighted by Gasteiger charge is 2.30. The van der Waals surface area contributed by atoms with E-state index >= 15 is 8.78 Å². The lowest BCUT2D eigenvalue weighted by molar-refractivity contribution is -0.126. The minimum absolute atomic E-state index is 0.0156. The monoisotopic (exact) mass is 566 g/mol. The van der Waals surface area contributed by atoms with Gasteiger partial charge in [-0.2, -0.15) is 4.98 Å². The van der Waals surface area contributed by atoms with Crippen LogP contribution in [-0.2, 0) is 4.79 Å². The van der Waals surface area contributed by atoms with Crippen LogP contribution in [0.2, 0.25) is 0 Å². The van der Waals surface area contributed by atoms with Crippen LogP contribution in [0.15, 0.2) is 78.1 Å². The number of halogens is 2. The molecule has 1 aliphatic heterocycles. The Bertz CT molecular complexity index is 1950. The summed E-state index contributed by atoms with van der Waals surface area (Å²) in [5, 5.41) is 1.94. The number of pyridine rings is 1. The van der Waals surface area contributed by atoms with Crippen LogP contribution >= 0.6 is 0 Å². The van der Waals surface area contributed by atoms with Crippen LogP contribution in [0, 0.1) is 18.6 Å². The number of aromatic nitrogens is 3. The quantitative estimate of drug-likeness (QED) is 0.243. The fourth-order valence-corrected chi connectivity index (χ4v) is 5.75. The van der Waals surface area contributed by atoms with Crippen LogP contribution in [0.25, 0.3) is 38.8 Å². The molecule has 5 aromatic rings. The molecule has 1 amide bonds. The molecule has 42 heavy (non-hydrogen) atoms. The first-order valence-corrected chi connectivity index (χ1v) is 13.5. The second kappa shape index (κ2) is 10.4. The molecule has 1 atom stereocenters. The van der Waals surface area contributed by atoms with Crippen molar-refractivity contribution in [1.29, 1.82) is 0 Å². The van der Waals surface area contributed by atoms with E-state index in [-0.39, 0.29) is 45.7 Å². The number of rotatable bonds is 4. The van der Waals surface area contributed by atoms with E-state index in [4.69, 9.17) is 5.73 Å². The SMILES string of the molecule is C=CC(=O)N1CCN(c2nc(=O)n(-c3c(C)ccc4ccccc34)c3nc(-c4c(N)cccc4F)c(F)cc23)[C@@H](C)C1. The van der Waals surface area contributed by atoms with Gasteiger partial charge in [-0.1, -0.05) is 49.0 Å². The number of amides is 1. The first-order chi connectivity index (χ1) is 20.2. The second-order valence-corrected chi connectivity index (χ2v) is 10.4. The molecule has 3 aromatic carbocycles. The van der Waals surface area contributed by atoms with E-state index in [1.807, 2.05) is 55.1 Å². The third kappa shape index (κ3) is 4.36. The average molecular weight is 567 g/mol. The van der Waals surface area contributed by atoms with Crippen LogP contribution in [0.5, 0.6) is 0 Å². The molecule has 0 bridgehead atoms. The minimum atomic E-state index is -0.810. The molecule has 8 nitrogen and oxygen atoms in total. The van der Waals surface area contributed by atoms with Gasteiger partial charge >= 0.3 is 5.69 Å². The van der Waals surface area contributed by atoms with Gasteiger partial charge in [0.1, 0.15) is 17.3 Å². The Hall–Kier alpha value is -5.12. The first-order valence-electron chi connectivity index (χ1n) is 13.5. The molecule has 10 heteroatoms. The number of aryl methyl sites for hydroxylation is 1. The lowest BCUT2D eigenvalue weighted by Crippen LogP contribution is -2.54. The first kappa shape index (κ1) is 27.1. The third-order valence-electron chi connectivity index (χ3n) is 7.80. The van der Waals surface area contributed by atoms with E-state index in [1.54, 1.807) is 4.90 Å². The van der Waals surface area contributed by atoms with Gasteiger partial charge in [-0.25, -0.2) is 23.1 Å². The average Bonchev–Trinajstić information content (AvgIpc) is 2.97. The van der Waals surface area contributed by atoms with Gasteiger partial charge < -0.3 is 15.5 Å². The molecule has 2 N–H and O–H groups in total. The Morgan fingerprint density at radius 2 is 1.81 bits per heavy atom. The van der Waals surface area contributed by atoms with Gasteiger partial charge in [0.15, 0.2) is 11.5 Å². The molecule has 0 aliphatic carbocycles. The van der Waals surface area contributed by atoms with Crippen LogP contribution in [-0.4, -0.2) is 51.0 Å². The molecule has 0 saturated carbocycles. The van der Waals surface area contributed by atoms with E-state index in [1.165, 1.54) is 34.9 Å². The maximum absolute atomic E-state index is 15.9. The highest BCUT2D eigenvalue weighted by molar-refractivity contribution is 5.96. The number of nitrogens with two attached hydrogens (primary N) is 1. The van der Waals surface area contributed by atoms with Crippen LogP contribution < -0.4 is 16.3 Å². The Labute approximate surface area is 240 Å².